The molecule has 0 aliphatic rings. The summed E-state index contributed by atoms with van der Waals surface area (Å²) < 4.78 is 42.8. The minimum Gasteiger partial charge on any atom is -0.748 e. The molecule has 0 aliphatic carbocycles. The number of carbonyl (C=O) groups is 2. The Morgan fingerprint density at radius 1 is 0.900 bits per heavy atom. The van der Waals surface area contributed by atoms with Crippen molar-refractivity contribution >= 4 is 22.1 Å². The molecule has 0 spiro atoms. The molecule has 30 heavy (non-hydrogen) atoms. The summed E-state index contributed by atoms with van der Waals surface area (Å²) in [6.07, 6.45) is 9.00. The van der Waals surface area contributed by atoms with Crippen molar-refractivity contribution in [1.29, 1.82) is 0 Å². The SMILES string of the molecule is CCCCCCCCCCOC(=O)c1ccccc1C(=O)OCC(C)S(=O)(=O)[O-].[K+]. The molecule has 0 saturated carbocycles. The molecule has 164 valence electrons. The van der Waals surface area contributed by atoms with E-state index in [2.05, 4.69) is 6.92 Å². The summed E-state index contributed by atoms with van der Waals surface area (Å²) >= 11 is 0. The van der Waals surface area contributed by atoms with Gasteiger partial charge in [0.25, 0.3) is 0 Å². The Morgan fingerprint density at radius 3 is 1.87 bits per heavy atom. The third-order valence-electron chi connectivity index (χ3n) is 4.54. The molecule has 0 N–H and O–H groups in total. The van der Waals surface area contributed by atoms with Crippen molar-refractivity contribution in [2.75, 3.05) is 13.2 Å². The first kappa shape index (κ1) is 29.7. The summed E-state index contributed by atoms with van der Waals surface area (Å²) in [5, 5.41) is -1.37. The Hall–Kier alpha value is -0.294. The van der Waals surface area contributed by atoms with Crippen LogP contribution in [0, 0.1) is 0 Å². The summed E-state index contributed by atoms with van der Waals surface area (Å²) in [5.41, 5.74) is 0.0265. The van der Waals surface area contributed by atoms with Gasteiger partial charge in [0.1, 0.15) is 16.7 Å². The van der Waals surface area contributed by atoms with Crippen molar-refractivity contribution in [3.8, 4) is 0 Å². The molecule has 0 fully saturated rings. The molecule has 7 nitrogen and oxygen atoms in total. The fourth-order valence-electron chi connectivity index (χ4n) is 2.67. The van der Waals surface area contributed by atoms with E-state index in [0.717, 1.165) is 26.2 Å². The van der Waals surface area contributed by atoms with Gasteiger partial charge in [-0.3, -0.25) is 0 Å². The van der Waals surface area contributed by atoms with Gasteiger partial charge in [-0.1, -0.05) is 64.0 Å². The van der Waals surface area contributed by atoms with Crippen LogP contribution in [-0.2, 0) is 19.6 Å². The fourth-order valence-corrected chi connectivity index (χ4v) is 2.91. The summed E-state index contributed by atoms with van der Waals surface area (Å²) in [5.74, 6) is -1.51. The van der Waals surface area contributed by atoms with E-state index in [1.54, 1.807) is 12.1 Å². The Kier molecular flexibility index (Phi) is 16.2. The van der Waals surface area contributed by atoms with E-state index in [1.165, 1.54) is 44.2 Å². The summed E-state index contributed by atoms with van der Waals surface area (Å²) in [6, 6.07) is 5.99. The van der Waals surface area contributed by atoms with E-state index in [1.807, 2.05) is 0 Å². The first-order chi connectivity index (χ1) is 13.8. The van der Waals surface area contributed by atoms with Gasteiger partial charge >= 0.3 is 63.3 Å². The molecule has 0 aromatic heterocycles. The zero-order valence-electron chi connectivity index (χ0n) is 18.2. The van der Waals surface area contributed by atoms with Gasteiger partial charge in [0.2, 0.25) is 0 Å². The van der Waals surface area contributed by atoms with E-state index in [-0.39, 0.29) is 69.1 Å². The smallest absolute Gasteiger partial charge is 0.748 e. The Balaban J connectivity index is 0.00000841. The topological polar surface area (TPSA) is 110 Å². The summed E-state index contributed by atoms with van der Waals surface area (Å²) in [4.78, 5) is 24.5. The molecule has 0 radical (unpaired) electrons. The molecule has 1 rings (SSSR count). The number of hydrogen-bond acceptors (Lipinski definition) is 7. The quantitative estimate of drug-likeness (QED) is 0.175. The van der Waals surface area contributed by atoms with E-state index in [0.29, 0.717) is 0 Å². The van der Waals surface area contributed by atoms with Gasteiger partial charge in [-0.25, -0.2) is 18.0 Å². The standard InChI is InChI=1S/C21H32O7S.K/c1-3-4-5-6-7-8-9-12-15-27-20(22)18-13-10-11-14-19(18)21(23)28-16-17(2)29(24,25)26;/h10-11,13-14,17H,3-9,12,15-16H2,1-2H3,(H,24,25,26);/q;+1/p-1. The van der Waals surface area contributed by atoms with E-state index < -0.39 is 33.9 Å². The Bertz CT molecular complexity index is 749. The zero-order chi connectivity index (χ0) is 21.7. The molecule has 0 heterocycles. The third kappa shape index (κ3) is 11.9. The van der Waals surface area contributed by atoms with Crippen LogP contribution in [-0.4, -0.2) is 43.4 Å². The van der Waals surface area contributed by atoms with E-state index in [9.17, 15) is 22.6 Å². The van der Waals surface area contributed by atoms with Crippen LogP contribution in [0.15, 0.2) is 24.3 Å². The second-order valence-corrected chi connectivity index (χ2v) is 8.85. The molecule has 0 amide bonds. The first-order valence-electron chi connectivity index (χ1n) is 10.1. The number of carbonyl (C=O) groups excluding carboxylic acids is 2. The number of benzene rings is 1. The molecule has 0 aliphatic heterocycles. The number of hydrogen-bond donors (Lipinski definition) is 0. The molecular weight excluding hydrogens is 435 g/mol. The molecule has 0 saturated heterocycles. The first-order valence-corrected chi connectivity index (χ1v) is 11.6. The second-order valence-electron chi connectivity index (χ2n) is 7.06. The number of esters is 2. The van der Waals surface area contributed by atoms with Crippen molar-refractivity contribution in [3.63, 3.8) is 0 Å². The predicted molar refractivity (Wildman–Crippen MR) is 109 cm³/mol. The van der Waals surface area contributed by atoms with Crippen molar-refractivity contribution in [3.05, 3.63) is 35.4 Å². The Morgan fingerprint density at radius 2 is 1.37 bits per heavy atom. The molecule has 1 aromatic rings. The van der Waals surface area contributed by atoms with Gasteiger partial charge in [-0.05, 0) is 25.5 Å². The van der Waals surface area contributed by atoms with Crippen molar-refractivity contribution in [2.45, 2.75) is 70.5 Å². The maximum absolute atomic E-state index is 12.3. The molecule has 0 bridgehead atoms. The van der Waals surface area contributed by atoms with Crippen molar-refractivity contribution in [2.24, 2.45) is 0 Å². The minimum absolute atomic E-state index is 0. The van der Waals surface area contributed by atoms with Crippen LogP contribution >= 0.6 is 0 Å². The molecule has 1 unspecified atom stereocenters. The van der Waals surface area contributed by atoms with E-state index >= 15 is 0 Å². The average Bonchev–Trinajstić information content (AvgIpc) is 2.69. The summed E-state index contributed by atoms with van der Waals surface area (Å²) in [6.45, 7) is 3.03. The fraction of sp³-hybridized carbons (Fsp3) is 0.619. The van der Waals surface area contributed by atoms with Gasteiger partial charge in [-0.15, -0.1) is 0 Å². The third-order valence-corrected chi connectivity index (χ3v) is 5.66. The van der Waals surface area contributed by atoms with Crippen LogP contribution in [0.3, 0.4) is 0 Å². The van der Waals surface area contributed by atoms with Crippen molar-refractivity contribution in [1.82, 2.24) is 0 Å². The molecule has 9 heteroatoms. The van der Waals surface area contributed by atoms with Crippen LogP contribution in [0.5, 0.6) is 0 Å². The van der Waals surface area contributed by atoms with Crippen LogP contribution in [0.2, 0.25) is 0 Å². The normalized spacial score (nSPS) is 12.0. The maximum atomic E-state index is 12.3. The minimum atomic E-state index is -4.55. The zero-order valence-corrected chi connectivity index (χ0v) is 22.2. The van der Waals surface area contributed by atoms with Crippen molar-refractivity contribution < 1.29 is 83.4 Å². The van der Waals surface area contributed by atoms with Gasteiger partial charge in [-0.2, -0.15) is 0 Å². The van der Waals surface area contributed by atoms with Crippen LogP contribution in [0.1, 0.15) is 85.9 Å². The van der Waals surface area contributed by atoms with Gasteiger partial charge in [0, 0.05) is 0 Å². The van der Waals surface area contributed by atoms with Crippen LogP contribution in [0.25, 0.3) is 0 Å². The average molecular weight is 467 g/mol. The molecule has 1 aromatic carbocycles. The largest absolute Gasteiger partial charge is 1.00 e. The Labute approximate surface area is 222 Å². The van der Waals surface area contributed by atoms with Crippen LogP contribution < -0.4 is 51.4 Å². The summed E-state index contributed by atoms with van der Waals surface area (Å²) in [7, 11) is -4.55. The molecular formula is C21H31KO7S. The predicted octanol–water partition coefficient (Wildman–Crippen LogP) is 1.08. The van der Waals surface area contributed by atoms with Crippen LogP contribution in [0.4, 0.5) is 0 Å². The number of ether oxygens (including phenoxy) is 2. The van der Waals surface area contributed by atoms with Gasteiger partial charge in [0.05, 0.1) is 23.0 Å². The van der Waals surface area contributed by atoms with Gasteiger partial charge in [0.15, 0.2) is 0 Å². The monoisotopic (exact) mass is 466 g/mol. The second kappa shape index (κ2) is 16.4. The van der Waals surface area contributed by atoms with E-state index in [4.69, 9.17) is 9.47 Å². The molecule has 1 atom stereocenters. The number of unbranched alkanes of at least 4 members (excludes halogenated alkanes) is 7. The number of rotatable bonds is 14. The van der Waals surface area contributed by atoms with Gasteiger partial charge < -0.3 is 14.0 Å². The maximum Gasteiger partial charge on any atom is 1.00 e.